The highest BCUT2D eigenvalue weighted by Gasteiger charge is 2.60. The van der Waals surface area contributed by atoms with Crippen LogP contribution in [-0.2, 0) is 9.47 Å². The van der Waals surface area contributed by atoms with Gasteiger partial charge in [0, 0.05) is 27.1 Å². The average molecular weight is 196 g/mol. The lowest BCUT2D eigenvalue weighted by molar-refractivity contribution is -0.323. The molecule has 0 bridgehead atoms. The Morgan fingerprint density at radius 1 is 1.31 bits per heavy atom. The summed E-state index contributed by atoms with van der Waals surface area (Å²) in [6.45, 7) is -0.529. The van der Waals surface area contributed by atoms with E-state index in [-0.39, 0.29) is 12.8 Å². The van der Waals surface area contributed by atoms with Gasteiger partial charge in [-0.2, -0.15) is 0 Å². The molecule has 0 aromatic rings. The summed E-state index contributed by atoms with van der Waals surface area (Å²) in [5, 5.41) is 8.84. The van der Waals surface area contributed by atoms with E-state index < -0.39 is 24.2 Å². The van der Waals surface area contributed by atoms with Gasteiger partial charge in [-0.25, -0.2) is 8.78 Å². The largest absolute Gasteiger partial charge is 0.396 e. The highest BCUT2D eigenvalue weighted by atomic mass is 19.3. The molecule has 0 aliphatic heterocycles. The Labute approximate surface area is 75.6 Å². The third-order valence-corrected chi connectivity index (χ3v) is 2.76. The Morgan fingerprint density at radius 3 is 2.00 bits per heavy atom. The van der Waals surface area contributed by atoms with Crippen LogP contribution in [0.3, 0.4) is 0 Å². The SMILES string of the molecule is COC1(OC)CC(CO)(C(F)F)C1. The van der Waals surface area contributed by atoms with E-state index in [2.05, 4.69) is 0 Å². The second kappa shape index (κ2) is 3.48. The molecule has 1 N–H and O–H groups in total. The molecule has 78 valence electrons. The molecule has 0 atom stereocenters. The van der Waals surface area contributed by atoms with E-state index in [1.165, 1.54) is 14.2 Å². The Kier molecular flexibility index (Phi) is 2.89. The lowest BCUT2D eigenvalue weighted by Crippen LogP contribution is -2.59. The van der Waals surface area contributed by atoms with Crippen molar-refractivity contribution >= 4 is 0 Å². The van der Waals surface area contributed by atoms with Gasteiger partial charge in [-0.15, -0.1) is 0 Å². The summed E-state index contributed by atoms with van der Waals surface area (Å²) in [6.07, 6.45) is -2.45. The zero-order valence-electron chi connectivity index (χ0n) is 7.72. The third kappa shape index (κ3) is 1.56. The maximum absolute atomic E-state index is 12.5. The Hall–Kier alpha value is -0.260. The second-order valence-electron chi connectivity index (χ2n) is 3.49. The summed E-state index contributed by atoms with van der Waals surface area (Å²) in [5.74, 6) is -0.918. The van der Waals surface area contributed by atoms with Gasteiger partial charge < -0.3 is 14.6 Å². The highest BCUT2D eigenvalue weighted by Crippen LogP contribution is 2.53. The van der Waals surface area contributed by atoms with Gasteiger partial charge >= 0.3 is 0 Å². The zero-order valence-corrected chi connectivity index (χ0v) is 7.72. The van der Waals surface area contributed by atoms with Gasteiger partial charge in [0.1, 0.15) is 0 Å². The van der Waals surface area contributed by atoms with Crippen molar-refractivity contribution in [2.45, 2.75) is 25.1 Å². The van der Waals surface area contributed by atoms with Gasteiger partial charge in [0.25, 0.3) is 0 Å². The summed E-state index contributed by atoms with van der Waals surface area (Å²) in [7, 11) is 2.83. The Morgan fingerprint density at radius 2 is 1.77 bits per heavy atom. The third-order valence-electron chi connectivity index (χ3n) is 2.76. The standard InChI is InChI=1S/C8H14F2O3/c1-12-8(13-2)3-7(4-8,5-11)6(9)10/h6,11H,3-5H2,1-2H3. The molecule has 0 heterocycles. The molecule has 13 heavy (non-hydrogen) atoms. The quantitative estimate of drug-likeness (QED) is 0.682. The minimum Gasteiger partial charge on any atom is -0.396 e. The minimum absolute atomic E-state index is 0.0428. The molecule has 5 heteroatoms. The van der Waals surface area contributed by atoms with Crippen molar-refractivity contribution in [2.24, 2.45) is 5.41 Å². The molecule has 0 aromatic carbocycles. The van der Waals surface area contributed by atoms with Crippen molar-refractivity contribution in [3.8, 4) is 0 Å². The Balaban J connectivity index is 2.62. The summed E-state index contributed by atoms with van der Waals surface area (Å²) < 4.78 is 34.9. The molecule has 1 aliphatic carbocycles. The molecule has 0 radical (unpaired) electrons. The molecule has 1 aliphatic rings. The van der Waals surface area contributed by atoms with E-state index in [0.717, 1.165) is 0 Å². The van der Waals surface area contributed by atoms with Crippen molar-refractivity contribution in [3.63, 3.8) is 0 Å². The van der Waals surface area contributed by atoms with Crippen LogP contribution in [-0.4, -0.2) is 38.1 Å². The fourth-order valence-electron chi connectivity index (χ4n) is 1.73. The van der Waals surface area contributed by atoms with E-state index in [9.17, 15) is 8.78 Å². The van der Waals surface area contributed by atoms with Gasteiger partial charge in [0.05, 0.1) is 12.0 Å². The normalized spacial score (nSPS) is 24.5. The first kappa shape index (κ1) is 10.8. The van der Waals surface area contributed by atoms with Crippen LogP contribution >= 0.6 is 0 Å². The molecule has 0 unspecified atom stereocenters. The van der Waals surface area contributed by atoms with Gasteiger partial charge in [0.15, 0.2) is 5.79 Å². The molecular weight excluding hydrogens is 182 g/mol. The fraction of sp³-hybridized carbons (Fsp3) is 1.00. The summed E-state index contributed by atoms with van der Waals surface area (Å²) in [4.78, 5) is 0. The van der Waals surface area contributed by atoms with Crippen molar-refractivity contribution < 1.29 is 23.4 Å². The lowest BCUT2D eigenvalue weighted by atomic mass is 9.65. The van der Waals surface area contributed by atoms with Crippen LogP contribution in [0.25, 0.3) is 0 Å². The molecular formula is C8H14F2O3. The molecule has 0 aromatic heterocycles. The van der Waals surface area contributed by atoms with Gasteiger partial charge in [-0.3, -0.25) is 0 Å². The number of alkyl halides is 2. The van der Waals surface area contributed by atoms with Crippen LogP contribution in [0.15, 0.2) is 0 Å². The monoisotopic (exact) mass is 196 g/mol. The number of methoxy groups -OCH3 is 2. The van der Waals surface area contributed by atoms with E-state index in [1.54, 1.807) is 0 Å². The molecule has 1 saturated carbocycles. The van der Waals surface area contributed by atoms with Crippen LogP contribution in [0.5, 0.6) is 0 Å². The van der Waals surface area contributed by atoms with Gasteiger partial charge in [-0.05, 0) is 0 Å². The maximum Gasteiger partial charge on any atom is 0.246 e. The maximum atomic E-state index is 12.5. The fourth-order valence-corrected chi connectivity index (χ4v) is 1.73. The number of aliphatic hydroxyl groups excluding tert-OH is 1. The van der Waals surface area contributed by atoms with Crippen molar-refractivity contribution in [3.05, 3.63) is 0 Å². The summed E-state index contributed by atoms with van der Waals surface area (Å²) in [6, 6.07) is 0. The van der Waals surface area contributed by atoms with Crippen LogP contribution in [0.1, 0.15) is 12.8 Å². The van der Waals surface area contributed by atoms with Crippen LogP contribution in [0.4, 0.5) is 8.78 Å². The molecule has 3 nitrogen and oxygen atoms in total. The first-order chi connectivity index (χ1) is 6.04. The van der Waals surface area contributed by atoms with Crippen molar-refractivity contribution in [1.29, 1.82) is 0 Å². The molecule has 0 spiro atoms. The average Bonchev–Trinajstić information content (AvgIpc) is 2.05. The summed E-state index contributed by atoms with van der Waals surface area (Å²) in [5.41, 5.74) is -1.33. The molecule has 1 rings (SSSR count). The topological polar surface area (TPSA) is 38.7 Å². The van der Waals surface area contributed by atoms with Crippen molar-refractivity contribution in [1.82, 2.24) is 0 Å². The smallest absolute Gasteiger partial charge is 0.246 e. The van der Waals surface area contributed by atoms with E-state index in [1.807, 2.05) is 0 Å². The lowest BCUT2D eigenvalue weighted by Gasteiger charge is -2.52. The first-order valence-electron chi connectivity index (χ1n) is 4.03. The highest BCUT2D eigenvalue weighted by molar-refractivity contribution is 5.01. The second-order valence-corrected chi connectivity index (χ2v) is 3.49. The van der Waals surface area contributed by atoms with Crippen LogP contribution < -0.4 is 0 Å². The number of halogens is 2. The van der Waals surface area contributed by atoms with Crippen molar-refractivity contribution in [2.75, 3.05) is 20.8 Å². The van der Waals surface area contributed by atoms with E-state index in [0.29, 0.717) is 0 Å². The number of hydrogen-bond donors (Lipinski definition) is 1. The van der Waals surface area contributed by atoms with Crippen LogP contribution in [0.2, 0.25) is 0 Å². The van der Waals surface area contributed by atoms with E-state index in [4.69, 9.17) is 14.6 Å². The number of hydrogen-bond acceptors (Lipinski definition) is 3. The predicted octanol–water partition coefficient (Wildman–Crippen LogP) is 1.01. The molecule has 0 saturated heterocycles. The molecule has 0 amide bonds. The first-order valence-corrected chi connectivity index (χ1v) is 4.03. The number of aliphatic hydroxyl groups is 1. The minimum atomic E-state index is -2.53. The zero-order chi connectivity index (χ0) is 10.1. The number of ether oxygens (including phenoxy) is 2. The number of rotatable bonds is 4. The van der Waals surface area contributed by atoms with Gasteiger partial charge in [-0.1, -0.05) is 0 Å². The van der Waals surface area contributed by atoms with Gasteiger partial charge in [0.2, 0.25) is 6.43 Å². The summed E-state index contributed by atoms with van der Waals surface area (Å²) >= 11 is 0. The predicted molar refractivity (Wildman–Crippen MR) is 41.5 cm³/mol. The molecule has 1 fully saturated rings. The van der Waals surface area contributed by atoms with Crippen LogP contribution in [0, 0.1) is 5.41 Å². The van der Waals surface area contributed by atoms with E-state index >= 15 is 0 Å². The Bertz CT molecular complexity index is 172.